The van der Waals surface area contributed by atoms with Crippen molar-refractivity contribution in [2.45, 2.75) is 38.6 Å². The third kappa shape index (κ3) is 3.32. The largest absolute Gasteiger partial charge is 0.349 e. The minimum atomic E-state index is -0.469. The molecule has 0 aliphatic heterocycles. The van der Waals surface area contributed by atoms with Gasteiger partial charge in [-0.15, -0.1) is 0 Å². The first-order valence-electron chi connectivity index (χ1n) is 6.89. The van der Waals surface area contributed by atoms with Crippen molar-refractivity contribution in [3.63, 3.8) is 0 Å². The predicted molar refractivity (Wildman–Crippen MR) is 73.4 cm³/mol. The van der Waals surface area contributed by atoms with Crippen molar-refractivity contribution in [1.82, 2.24) is 5.32 Å². The van der Waals surface area contributed by atoms with E-state index in [0.717, 1.165) is 31.2 Å². The van der Waals surface area contributed by atoms with E-state index in [4.69, 9.17) is 5.73 Å². The van der Waals surface area contributed by atoms with Crippen molar-refractivity contribution in [3.8, 4) is 0 Å². The molecule has 3 nitrogen and oxygen atoms in total. The molecule has 0 spiro atoms. The number of halogens is 1. The molecule has 104 valence electrons. The summed E-state index contributed by atoms with van der Waals surface area (Å²) < 4.78 is 13.7. The highest BCUT2D eigenvalue weighted by molar-refractivity contribution is 5.94. The predicted octanol–water partition coefficient (Wildman–Crippen LogP) is 2.38. The molecular formula is C15H21FN2O. The zero-order chi connectivity index (χ0) is 13.8. The molecule has 1 saturated carbocycles. The Hall–Kier alpha value is -1.42. The fraction of sp³-hybridized carbons (Fsp3) is 0.533. The molecule has 2 atom stereocenters. The summed E-state index contributed by atoms with van der Waals surface area (Å²) in [5.41, 5.74) is 6.74. The lowest BCUT2D eigenvalue weighted by Crippen LogP contribution is -2.44. The topological polar surface area (TPSA) is 55.1 Å². The van der Waals surface area contributed by atoms with Gasteiger partial charge in [0, 0.05) is 6.04 Å². The van der Waals surface area contributed by atoms with Crippen molar-refractivity contribution >= 4 is 5.91 Å². The number of benzene rings is 1. The average molecular weight is 264 g/mol. The molecule has 0 saturated heterocycles. The van der Waals surface area contributed by atoms with Gasteiger partial charge < -0.3 is 11.1 Å². The molecule has 0 radical (unpaired) electrons. The molecule has 0 bridgehead atoms. The summed E-state index contributed by atoms with van der Waals surface area (Å²) in [7, 11) is 0. The minimum absolute atomic E-state index is 0.0752. The average Bonchev–Trinajstić information content (AvgIpc) is 2.42. The summed E-state index contributed by atoms with van der Waals surface area (Å²) in [6.07, 6.45) is 4.23. The Morgan fingerprint density at radius 3 is 2.89 bits per heavy atom. The fourth-order valence-corrected chi connectivity index (χ4v) is 2.74. The summed E-state index contributed by atoms with van der Waals surface area (Å²) in [6, 6.07) is 4.66. The van der Waals surface area contributed by atoms with Gasteiger partial charge in [-0.1, -0.05) is 24.5 Å². The Kier molecular flexibility index (Phi) is 4.53. The van der Waals surface area contributed by atoms with Crippen LogP contribution in [-0.2, 0) is 0 Å². The van der Waals surface area contributed by atoms with Gasteiger partial charge in [-0.25, -0.2) is 4.39 Å². The zero-order valence-corrected chi connectivity index (χ0v) is 11.3. The number of nitrogens with two attached hydrogens (primary N) is 1. The van der Waals surface area contributed by atoms with Gasteiger partial charge in [0.25, 0.3) is 5.91 Å². The molecule has 1 aliphatic carbocycles. The number of rotatable bonds is 3. The van der Waals surface area contributed by atoms with Crippen LogP contribution >= 0.6 is 0 Å². The first-order valence-corrected chi connectivity index (χ1v) is 6.89. The third-order valence-electron chi connectivity index (χ3n) is 3.89. The van der Waals surface area contributed by atoms with Gasteiger partial charge in [0.1, 0.15) is 5.82 Å². The van der Waals surface area contributed by atoms with Gasteiger partial charge in [-0.2, -0.15) is 0 Å². The van der Waals surface area contributed by atoms with Crippen LogP contribution in [0.15, 0.2) is 18.2 Å². The van der Waals surface area contributed by atoms with E-state index in [-0.39, 0.29) is 17.5 Å². The summed E-state index contributed by atoms with van der Waals surface area (Å²) in [4.78, 5) is 12.2. The zero-order valence-electron chi connectivity index (χ0n) is 11.3. The number of amides is 1. The molecule has 1 aliphatic rings. The molecule has 0 heterocycles. The smallest absolute Gasteiger partial charge is 0.254 e. The van der Waals surface area contributed by atoms with E-state index in [1.54, 1.807) is 12.1 Å². The summed E-state index contributed by atoms with van der Waals surface area (Å²) in [5.74, 6) is -0.486. The fourth-order valence-electron chi connectivity index (χ4n) is 2.74. The first kappa shape index (κ1) is 14.0. The molecular weight excluding hydrogens is 243 g/mol. The first-order chi connectivity index (χ1) is 9.11. The molecule has 3 N–H and O–H groups in total. The number of aryl methyl sites for hydroxylation is 1. The van der Waals surface area contributed by atoms with Crippen molar-refractivity contribution in [3.05, 3.63) is 35.1 Å². The molecule has 1 aromatic carbocycles. The molecule has 1 fully saturated rings. The van der Waals surface area contributed by atoms with Gasteiger partial charge in [0.05, 0.1) is 5.56 Å². The van der Waals surface area contributed by atoms with Crippen LogP contribution in [0.3, 0.4) is 0 Å². The number of carbonyl (C=O) groups is 1. The Labute approximate surface area is 113 Å². The van der Waals surface area contributed by atoms with Crippen molar-refractivity contribution in [2.24, 2.45) is 11.7 Å². The normalized spacial score (nSPS) is 23.1. The number of carbonyl (C=O) groups excluding carboxylic acids is 1. The van der Waals surface area contributed by atoms with E-state index in [1.807, 2.05) is 6.92 Å². The Bertz CT molecular complexity index is 461. The quantitative estimate of drug-likeness (QED) is 0.880. The molecule has 0 aromatic heterocycles. The van der Waals surface area contributed by atoms with Gasteiger partial charge >= 0.3 is 0 Å². The van der Waals surface area contributed by atoms with E-state index in [0.29, 0.717) is 12.5 Å². The lowest BCUT2D eigenvalue weighted by Gasteiger charge is -2.31. The van der Waals surface area contributed by atoms with Gasteiger partial charge in [-0.3, -0.25) is 4.79 Å². The maximum absolute atomic E-state index is 13.7. The van der Waals surface area contributed by atoms with Crippen LogP contribution < -0.4 is 11.1 Å². The van der Waals surface area contributed by atoms with Gasteiger partial charge in [0.2, 0.25) is 0 Å². The lowest BCUT2D eigenvalue weighted by atomic mass is 9.84. The summed E-state index contributed by atoms with van der Waals surface area (Å²) in [6.45, 7) is 2.42. The summed E-state index contributed by atoms with van der Waals surface area (Å²) in [5, 5.41) is 2.95. The van der Waals surface area contributed by atoms with Crippen molar-refractivity contribution < 1.29 is 9.18 Å². The van der Waals surface area contributed by atoms with E-state index in [9.17, 15) is 9.18 Å². The van der Waals surface area contributed by atoms with E-state index in [2.05, 4.69) is 5.32 Å². The van der Waals surface area contributed by atoms with Crippen molar-refractivity contribution in [2.75, 3.05) is 6.54 Å². The van der Waals surface area contributed by atoms with Crippen LogP contribution in [-0.4, -0.2) is 18.5 Å². The highest BCUT2D eigenvalue weighted by atomic mass is 19.1. The number of hydrogen-bond donors (Lipinski definition) is 2. The van der Waals surface area contributed by atoms with Crippen LogP contribution in [0, 0.1) is 18.7 Å². The van der Waals surface area contributed by atoms with Crippen molar-refractivity contribution in [1.29, 1.82) is 0 Å². The van der Waals surface area contributed by atoms with Gasteiger partial charge in [-0.05, 0) is 44.4 Å². The van der Waals surface area contributed by atoms with Crippen LogP contribution in [0.2, 0.25) is 0 Å². The third-order valence-corrected chi connectivity index (χ3v) is 3.89. The van der Waals surface area contributed by atoms with E-state index in [1.165, 1.54) is 6.07 Å². The standard InChI is InChI=1S/C15H21FN2O/c1-10-6-7-13(16)12(8-10)15(19)18-14-5-3-2-4-11(14)9-17/h6-8,11,14H,2-5,9,17H2,1H3,(H,18,19). The second-order valence-electron chi connectivity index (χ2n) is 5.34. The van der Waals surface area contributed by atoms with Gasteiger partial charge in [0.15, 0.2) is 0 Å². The molecule has 4 heteroatoms. The maximum atomic E-state index is 13.7. The second kappa shape index (κ2) is 6.15. The van der Waals surface area contributed by atoms with Crippen LogP contribution in [0.25, 0.3) is 0 Å². The van der Waals surface area contributed by atoms with Crippen LogP contribution in [0.1, 0.15) is 41.6 Å². The Morgan fingerprint density at radius 1 is 1.42 bits per heavy atom. The Morgan fingerprint density at radius 2 is 2.16 bits per heavy atom. The second-order valence-corrected chi connectivity index (χ2v) is 5.34. The minimum Gasteiger partial charge on any atom is -0.349 e. The lowest BCUT2D eigenvalue weighted by molar-refractivity contribution is 0.0904. The molecule has 1 amide bonds. The van der Waals surface area contributed by atoms with E-state index >= 15 is 0 Å². The van der Waals surface area contributed by atoms with Crippen LogP contribution in [0.4, 0.5) is 4.39 Å². The Balaban J connectivity index is 2.09. The SMILES string of the molecule is Cc1ccc(F)c(C(=O)NC2CCCCC2CN)c1. The van der Waals surface area contributed by atoms with Crippen LogP contribution in [0.5, 0.6) is 0 Å². The maximum Gasteiger partial charge on any atom is 0.254 e. The van der Waals surface area contributed by atoms with E-state index < -0.39 is 5.82 Å². The highest BCUT2D eigenvalue weighted by Gasteiger charge is 2.26. The molecule has 2 unspecified atom stereocenters. The molecule has 1 aromatic rings. The summed E-state index contributed by atoms with van der Waals surface area (Å²) >= 11 is 0. The number of nitrogens with one attached hydrogen (secondary N) is 1. The highest BCUT2D eigenvalue weighted by Crippen LogP contribution is 2.24. The monoisotopic (exact) mass is 264 g/mol. The molecule has 19 heavy (non-hydrogen) atoms. The molecule has 2 rings (SSSR count). The number of hydrogen-bond acceptors (Lipinski definition) is 2.